The molecule has 0 saturated heterocycles. The van der Waals surface area contributed by atoms with Gasteiger partial charge in [-0.15, -0.1) is 0 Å². The topological polar surface area (TPSA) is 72.1 Å². The Balaban J connectivity index is 1.74. The van der Waals surface area contributed by atoms with Crippen LogP contribution >= 0.6 is 7.52 Å². The third-order valence-corrected chi connectivity index (χ3v) is 7.22. The summed E-state index contributed by atoms with van der Waals surface area (Å²) >= 11 is 0. The van der Waals surface area contributed by atoms with Gasteiger partial charge in [0.25, 0.3) is 0 Å². The maximum Gasteiger partial charge on any atom is 0.304 e. The molecule has 0 aliphatic carbocycles. The summed E-state index contributed by atoms with van der Waals surface area (Å²) in [6, 6.07) is 13.3. The lowest BCUT2D eigenvalue weighted by Crippen LogP contribution is -2.32. The van der Waals surface area contributed by atoms with Crippen molar-refractivity contribution in [2.75, 3.05) is 58.1 Å². The molecule has 3 rings (SSSR count). The fourth-order valence-corrected chi connectivity index (χ4v) is 5.33. The molecule has 0 fully saturated rings. The molecule has 27 heavy (non-hydrogen) atoms. The largest absolute Gasteiger partial charge is 0.497 e. The Labute approximate surface area is 160 Å². The molecule has 0 bridgehead atoms. The molecular weight excluding hydrogens is 365 g/mol. The predicted molar refractivity (Wildman–Crippen MR) is 109 cm³/mol. The number of nitrogens with zero attached hydrogens (tertiary/aromatic N) is 1. The first kappa shape index (κ1) is 19.5. The number of benzene rings is 2. The summed E-state index contributed by atoms with van der Waals surface area (Å²) in [7, 11) is 1.56. The monoisotopic (exact) mass is 391 g/mol. The minimum absolute atomic E-state index is 0.579. The molecule has 1 aliphatic heterocycles. The van der Waals surface area contributed by atoms with E-state index >= 15 is 0 Å². The molecule has 2 aromatic rings. The second-order valence-corrected chi connectivity index (χ2v) is 8.58. The van der Waals surface area contributed by atoms with Crippen LogP contribution in [0.2, 0.25) is 0 Å². The van der Waals surface area contributed by atoms with E-state index in [-0.39, 0.29) is 0 Å². The summed E-state index contributed by atoms with van der Waals surface area (Å²) in [5.41, 5.74) is 1.81. The molecule has 7 nitrogen and oxygen atoms in total. The van der Waals surface area contributed by atoms with Gasteiger partial charge >= 0.3 is 7.52 Å². The van der Waals surface area contributed by atoms with Crippen LogP contribution in [0.25, 0.3) is 0 Å². The van der Waals surface area contributed by atoms with Crippen LogP contribution in [0.1, 0.15) is 0 Å². The molecule has 0 amide bonds. The number of ether oxygens (including phenoxy) is 2. The lowest BCUT2D eigenvalue weighted by atomic mass is 10.3. The van der Waals surface area contributed by atoms with Gasteiger partial charge in [-0.1, -0.05) is 0 Å². The molecule has 2 aromatic carbocycles. The normalized spacial score (nSPS) is 19.5. The maximum absolute atomic E-state index is 13.7. The minimum atomic E-state index is -3.18. The minimum Gasteiger partial charge on any atom is -0.497 e. The van der Waals surface area contributed by atoms with Crippen molar-refractivity contribution in [2.24, 2.45) is 0 Å². The second kappa shape index (κ2) is 8.65. The number of methoxy groups -OCH3 is 2. The zero-order valence-corrected chi connectivity index (χ0v) is 16.8. The highest BCUT2D eigenvalue weighted by Gasteiger charge is 2.37. The summed E-state index contributed by atoms with van der Waals surface area (Å²) in [6.07, 6.45) is 0. The van der Waals surface area contributed by atoms with Crippen LogP contribution in [-0.2, 0) is 9.09 Å². The van der Waals surface area contributed by atoms with Gasteiger partial charge in [-0.05, 0) is 42.5 Å². The lowest BCUT2D eigenvalue weighted by Gasteiger charge is -2.29. The van der Waals surface area contributed by atoms with E-state index < -0.39 is 7.52 Å². The number of anilines is 2. The van der Waals surface area contributed by atoms with E-state index in [1.165, 1.54) is 7.11 Å². The Morgan fingerprint density at radius 1 is 1.07 bits per heavy atom. The van der Waals surface area contributed by atoms with Crippen molar-refractivity contribution < 1.29 is 18.6 Å². The molecule has 8 heteroatoms. The predicted octanol–water partition coefficient (Wildman–Crippen LogP) is 3.01. The number of hydrogen-bond donors (Lipinski definition) is 2. The SMILES string of the molecule is COc1ccc(NCCN2CCNc3ccc(OC)cc3P2(=O)OC)cc1. The van der Waals surface area contributed by atoms with Gasteiger partial charge in [0.2, 0.25) is 0 Å². The average Bonchev–Trinajstić information content (AvgIpc) is 2.85. The Kier molecular flexibility index (Phi) is 6.26. The van der Waals surface area contributed by atoms with E-state index in [1.54, 1.807) is 20.3 Å². The fourth-order valence-electron chi connectivity index (χ4n) is 3.12. The Bertz CT molecular complexity index is 813. The van der Waals surface area contributed by atoms with Crippen molar-refractivity contribution >= 4 is 24.2 Å². The molecule has 1 heterocycles. The number of rotatable bonds is 7. The highest BCUT2D eigenvalue weighted by Crippen LogP contribution is 2.51. The Hall–Kier alpha value is -2.21. The van der Waals surface area contributed by atoms with Crippen LogP contribution < -0.4 is 25.4 Å². The van der Waals surface area contributed by atoms with E-state index in [0.717, 1.165) is 17.1 Å². The molecule has 0 saturated carbocycles. The number of nitrogens with one attached hydrogen (secondary N) is 2. The molecule has 2 N–H and O–H groups in total. The van der Waals surface area contributed by atoms with Crippen molar-refractivity contribution in [2.45, 2.75) is 0 Å². The molecule has 0 aromatic heterocycles. The average molecular weight is 391 g/mol. The second-order valence-electron chi connectivity index (χ2n) is 6.12. The van der Waals surface area contributed by atoms with Crippen LogP contribution in [0.5, 0.6) is 11.5 Å². The lowest BCUT2D eigenvalue weighted by molar-refractivity contribution is 0.325. The summed E-state index contributed by atoms with van der Waals surface area (Å²) in [6.45, 7) is 2.52. The van der Waals surface area contributed by atoms with Crippen LogP contribution in [0.3, 0.4) is 0 Å². The van der Waals surface area contributed by atoms with Gasteiger partial charge in [-0.25, -0.2) is 4.67 Å². The summed E-state index contributed by atoms with van der Waals surface area (Å²) in [4.78, 5) is 0. The Morgan fingerprint density at radius 3 is 2.44 bits per heavy atom. The molecular formula is C19H26N3O4P. The molecule has 146 valence electrons. The molecule has 0 radical (unpaired) electrons. The van der Waals surface area contributed by atoms with Crippen LogP contribution in [-0.4, -0.2) is 52.2 Å². The van der Waals surface area contributed by atoms with E-state index in [0.29, 0.717) is 37.2 Å². The first-order valence-corrected chi connectivity index (χ1v) is 10.4. The third-order valence-electron chi connectivity index (χ3n) is 4.60. The van der Waals surface area contributed by atoms with Gasteiger partial charge in [-0.2, -0.15) is 0 Å². The van der Waals surface area contributed by atoms with E-state index in [4.69, 9.17) is 14.0 Å². The highest BCUT2D eigenvalue weighted by atomic mass is 31.2. The molecule has 1 atom stereocenters. The van der Waals surface area contributed by atoms with E-state index in [2.05, 4.69) is 10.6 Å². The fraction of sp³-hybridized carbons (Fsp3) is 0.368. The van der Waals surface area contributed by atoms with Crippen LogP contribution in [0.4, 0.5) is 11.4 Å². The van der Waals surface area contributed by atoms with Crippen molar-refractivity contribution in [1.29, 1.82) is 0 Å². The first-order chi connectivity index (χ1) is 13.1. The van der Waals surface area contributed by atoms with Gasteiger partial charge in [0.05, 0.1) is 19.5 Å². The van der Waals surface area contributed by atoms with Crippen LogP contribution in [0, 0.1) is 0 Å². The zero-order chi connectivity index (χ0) is 19.3. The van der Waals surface area contributed by atoms with Gasteiger partial charge < -0.3 is 24.6 Å². The van der Waals surface area contributed by atoms with Crippen molar-refractivity contribution in [3.05, 3.63) is 42.5 Å². The highest BCUT2D eigenvalue weighted by molar-refractivity contribution is 7.65. The Morgan fingerprint density at radius 2 is 1.78 bits per heavy atom. The third kappa shape index (κ3) is 4.21. The van der Waals surface area contributed by atoms with Gasteiger partial charge in [0.15, 0.2) is 0 Å². The van der Waals surface area contributed by atoms with Gasteiger partial charge in [0, 0.05) is 44.7 Å². The van der Waals surface area contributed by atoms with E-state index in [1.807, 2.05) is 41.1 Å². The summed E-state index contributed by atoms with van der Waals surface area (Å²) in [5.74, 6) is 1.47. The van der Waals surface area contributed by atoms with Crippen molar-refractivity contribution in [3.63, 3.8) is 0 Å². The zero-order valence-electron chi connectivity index (χ0n) is 15.9. The van der Waals surface area contributed by atoms with Gasteiger partial charge in [0.1, 0.15) is 11.5 Å². The first-order valence-electron chi connectivity index (χ1n) is 8.82. The smallest absolute Gasteiger partial charge is 0.304 e. The van der Waals surface area contributed by atoms with Gasteiger partial charge in [-0.3, -0.25) is 4.57 Å². The van der Waals surface area contributed by atoms with Crippen molar-refractivity contribution in [3.8, 4) is 11.5 Å². The standard InChI is InChI=1S/C19H26N3O4P/c1-24-16-6-4-15(5-7-16)20-10-12-22-13-11-21-18-9-8-17(25-2)14-19(18)27(22,23)26-3/h4-9,14,20-21H,10-13H2,1-3H3. The molecule has 0 spiro atoms. The van der Waals surface area contributed by atoms with E-state index in [9.17, 15) is 4.57 Å². The summed E-state index contributed by atoms with van der Waals surface area (Å²) < 4.78 is 31.7. The molecule has 1 unspecified atom stereocenters. The number of hydrogen-bond acceptors (Lipinski definition) is 6. The van der Waals surface area contributed by atoms with Crippen molar-refractivity contribution in [1.82, 2.24) is 4.67 Å². The summed E-state index contributed by atoms with van der Waals surface area (Å²) in [5, 5.41) is 7.33. The quantitative estimate of drug-likeness (QED) is 0.703. The molecule has 1 aliphatic rings. The van der Waals surface area contributed by atoms with Crippen LogP contribution in [0.15, 0.2) is 42.5 Å². The number of fused-ring (bicyclic) bond motifs is 1. The maximum atomic E-state index is 13.7.